The molecule has 0 heterocycles. The number of hydrogen-bond donors (Lipinski definition) is 1. The number of benzene rings is 2. The van der Waals surface area contributed by atoms with Crippen LogP contribution in [0.4, 0.5) is 5.69 Å². The van der Waals surface area contributed by atoms with Crippen LogP contribution in [0.2, 0.25) is 20.1 Å². The maximum atomic E-state index is 12.0. The molecule has 8 heteroatoms. The topological polar surface area (TPSA) is 47.6 Å². The molecule has 4 nitrogen and oxygen atoms in total. The van der Waals surface area contributed by atoms with Gasteiger partial charge in [0.1, 0.15) is 11.5 Å². The second-order valence-electron chi connectivity index (χ2n) is 4.38. The highest BCUT2D eigenvalue weighted by Crippen LogP contribution is 2.34. The van der Waals surface area contributed by atoms with Crippen molar-refractivity contribution in [3.8, 4) is 11.5 Å². The average Bonchev–Trinajstić information content (AvgIpc) is 2.50. The second-order valence-corrected chi connectivity index (χ2v) is 6.04. The van der Waals surface area contributed by atoms with Gasteiger partial charge in [0.15, 0.2) is 6.61 Å². The third-order valence-electron chi connectivity index (χ3n) is 2.77. The van der Waals surface area contributed by atoms with E-state index in [4.69, 9.17) is 55.9 Å². The van der Waals surface area contributed by atoms with Crippen LogP contribution in [0.5, 0.6) is 11.5 Å². The molecular weight excluding hydrogens is 384 g/mol. The molecule has 0 aliphatic heterocycles. The lowest BCUT2D eigenvalue weighted by molar-refractivity contribution is -0.118. The molecule has 1 amide bonds. The normalized spacial score (nSPS) is 10.3. The molecule has 2 rings (SSSR count). The third kappa shape index (κ3) is 4.82. The Labute approximate surface area is 153 Å². The molecule has 0 spiro atoms. The Morgan fingerprint density at radius 2 is 1.70 bits per heavy atom. The standard InChI is InChI=1S/C15H11Cl4NO3/c1-22-13-3-2-8(16)4-12(13)20-15(21)7-23-14-6-10(18)9(17)5-11(14)19/h2-6H,7H2,1H3,(H,20,21). The lowest BCUT2D eigenvalue weighted by Gasteiger charge is -2.12. The van der Waals surface area contributed by atoms with E-state index in [2.05, 4.69) is 5.32 Å². The first-order valence-electron chi connectivity index (χ1n) is 6.31. The van der Waals surface area contributed by atoms with Gasteiger partial charge in [0.05, 0.1) is 27.9 Å². The summed E-state index contributed by atoms with van der Waals surface area (Å²) in [5.74, 6) is 0.331. The Kier molecular flexibility index (Phi) is 6.25. The van der Waals surface area contributed by atoms with Gasteiger partial charge in [0.2, 0.25) is 0 Å². The molecule has 2 aromatic rings. The van der Waals surface area contributed by atoms with Gasteiger partial charge in [-0.2, -0.15) is 0 Å². The third-order valence-corrected chi connectivity index (χ3v) is 4.02. The van der Waals surface area contributed by atoms with Crippen molar-refractivity contribution in [1.29, 1.82) is 0 Å². The fraction of sp³-hybridized carbons (Fsp3) is 0.133. The van der Waals surface area contributed by atoms with E-state index in [9.17, 15) is 4.79 Å². The van der Waals surface area contributed by atoms with Crippen molar-refractivity contribution in [2.24, 2.45) is 0 Å². The summed E-state index contributed by atoms with van der Waals surface area (Å²) < 4.78 is 10.5. The van der Waals surface area contributed by atoms with E-state index in [1.165, 1.54) is 19.2 Å². The van der Waals surface area contributed by atoms with Crippen LogP contribution in [-0.2, 0) is 4.79 Å². The van der Waals surface area contributed by atoms with E-state index in [0.29, 0.717) is 21.5 Å². The minimum absolute atomic E-state index is 0.257. The highest BCUT2D eigenvalue weighted by atomic mass is 35.5. The molecule has 122 valence electrons. The first kappa shape index (κ1) is 18.0. The van der Waals surface area contributed by atoms with E-state index < -0.39 is 5.91 Å². The molecule has 0 aromatic heterocycles. The van der Waals surface area contributed by atoms with Crippen LogP contribution >= 0.6 is 46.4 Å². The number of hydrogen-bond acceptors (Lipinski definition) is 3. The van der Waals surface area contributed by atoms with Gasteiger partial charge < -0.3 is 14.8 Å². The van der Waals surface area contributed by atoms with E-state index in [1.54, 1.807) is 18.2 Å². The number of rotatable bonds is 5. The molecule has 1 N–H and O–H groups in total. The van der Waals surface area contributed by atoms with Gasteiger partial charge in [0.25, 0.3) is 5.91 Å². The van der Waals surface area contributed by atoms with Gasteiger partial charge in [-0.15, -0.1) is 0 Å². The van der Waals surface area contributed by atoms with Crippen molar-refractivity contribution >= 4 is 58.0 Å². The summed E-state index contributed by atoms with van der Waals surface area (Å²) in [5, 5.41) is 3.95. The highest BCUT2D eigenvalue weighted by Gasteiger charge is 2.12. The molecular formula is C15H11Cl4NO3. The molecule has 0 aliphatic rings. The Bertz CT molecular complexity index is 737. The Morgan fingerprint density at radius 3 is 2.39 bits per heavy atom. The molecule has 0 aliphatic carbocycles. The summed E-state index contributed by atoms with van der Waals surface area (Å²) in [5.41, 5.74) is 0.439. The van der Waals surface area contributed by atoms with Gasteiger partial charge in [-0.1, -0.05) is 46.4 Å². The molecule has 0 bridgehead atoms. The van der Waals surface area contributed by atoms with Crippen molar-refractivity contribution < 1.29 is 14.3 Å². The lowest BCUT2D eigenvalue weighted by atomic mass is 10.3. The van der Waals surface area contributed by atoms with Gasteiger partial charge in [-0.25, -0.2) is 0 Å². The Morgan fingerprint density at radius 1 is 1.00 bits per heavy atom. The number of ether oxygens (including phenoxy) is 2. The molecule has 2 aromatic carbocycles. The van der Waals surface area contributed by atoms with Crippen LogP contribution in [0.25, 0.3) is 0 Å². The van der Waals surface area contributed by atoms with E-state index in [0.717, 1.165) is 0 Å². The maximum absolute atomic E-state index is 12.0. The van der Waals surface area contributed by atoms with Crippen molar-refractivity contribution in [3.05, 3.63) is 50.4 Å². The zero-order valence-electron chi connectivity index (χ0n) is 11.8. The molecule has 0 saturated carbocycles. The number of methoxy groups -OCH3 is 1. The molecule has 0 atom stereocenters. The van der Waals surface area contributed by atoms with Crippen LogP contribution in [0.15, 0.2) is 30.3 Å². The molecule has 0 unspecified atom stereocenters. The number of amides is 1. The van der Waals surface area contributed by atoms with Gasteiger partial charge in [-0.3, -0.25) is 4.79 Å². The van der Waals surface area contributed by atoms with Gasteiger partial charge in [-0.05, 0) is 24.3 Å². The Balaban J connectivity index is 2.04. The van der Waals surface area contributed by atoms with Crippen LogP contribution < -0.4 is 14.8 Å². The van der Waals surface area contributed by atoms with Crippen LogP contribution in [0.1, 0.15) is 0 Å². The quantitative estimate of drug-likeness (QED) is 0.697. The highest BCUT2D eigenvalue weighted by molar-refractivity contribution is 6.43. The Hall–Kier alpha value is -1.33. The SMILES string of the molecule is COc1ccc(Cl)cc1NC(=O)COc1cc(Cl)c(Cl)cc1Cl. The van der Waals surface area contributed by atoms with Gasteiger partial charge >= 0.3 is 0 Å². The van der Waals surface area contributed by atoms with Crippen LogP contribution in [0.3, 0.4) is 0 Å². The maximum Gasteiger partial charge on any atom is 0.262 e. The summed E-state index contributed by atoms with van der Waals surface area (Å²) >= 11 is 23.6. The zero-order chi connectivity index (χ0) is 17.0. The summed E-state index contributed by atoms with van der Waals surface area (Å²) in [4.78, 5) is 12.0. The van der Waals surface area contributed by atoms with E-state index >= 15 is 0 Å². The van der Waals surface area contributed by atoms with Crippen molar-refractivity contribution in [2.45, 2.75) is 0 Å². The number of halogens is 4. The fourth-order valence-electron chi connectivity index (χ4n) is 1.72. The van der Waals surface area contributed by atoms with Crippen LogP contribution in [-0.4, -0.2) is 19.6 Å². The number of nitrogens with one attached hydrogen (secondary N) is 1. The summed E-state index contributed by atoms with van der Waals surface area (Å²) in [6, 6.07) is 7.76. The zero-order valence-corrected chi connectivity index (χ0v) is 14.9. The first-order valence-corrected chi connectivity index (χ1v) is 7.82. The minimum Gasteiger partial charge on any atom is -0.495 e. The summed E-state index contributed by atoms with van der Waals surface area (Å²) in [6.07, 6.45) is 0. The largest absolute Gasteiger partial charge is 0.495 e. The van der Waals surface area contributed by atoms with Crippen molar-refractivity contribution in [3.63, 3.8) is 0 Å². The van der Waals surface area contributed by atoms with Crippen molar-refractivity contribution in [1.82, 2.24) is 0 Å². The monoisotopic (exact) mass is 393 g/mol. The van der Waals surface area contributed by atoms with E-state index in [1.807, 2.05) is 0 Å². The predicted octanol–water partition coefficient (Wildman–Crippen LogP) is 5.33. The first-order chi connectivity index (χ1) is 10.9. The minimum atomic E-state index is -0.410. The smallest absolute Gasteiger partial charge is 0.262 e. The summed E-state index contributed by atoms with van der Waals surface area (Å²) in [7, 11) is 1.49. The van der Waals surface area contributed by atoms with E-state index in [-0.39, 0.29) is 22.4 Å². The molecule has 0 saturated heterocycles. The van der Waals surface area contributed by atoms with Crippen LogP contribution in [0, 0.1) is 0 Å². The second kappa shape index (κ2) is 7.97. The molecule has 0 fully saturated rings. The fourth-order valence-corrected chi connectivity index (χ4v) is 2.49. The number of carbonyl (C=O) groups is 1. The molecule has 23 heavy (non-hydrogen) atoms. The lowest BCUT2D eigenvalue weighted by Crippen LogP contribution is -2.20. The predicted molar refractivity (Wildman–Crippen MR) is 93.6 cm³/mol. The average molecular weight is 395 g/mol. The number of carbonyl (C=O) groups excluding carboxylic acids is 1. The summed E-state index contributed by atoms with van der Waals surface area (Å²) in [6.45, 7) is -0.270. The molecule has 0 radical (unpaired) electrons. The van der Waals surface area contributed by atoms with Gasteiger partial charge in [0, 0.05) is 11.1 Å². The number of anilines is 1. The van der Waals surface area contributed by atoms with Crippen molar-refractivity contribution in [2.75, 3.05) is 19.0 Å².